The molecule has 2 N–H and O–H groups in total. The minimum Gasteiger partial charge on any atom is -0.478 e. The first-order valence-electron chi connectivity index (χ1n) is 7.26. The summed E-state index contributed by atoms with van der Waals surface area (Å²) in [4.78, 5) is 11.9. The van der Waals surface area contributed by atoms with Crippen molar-refractivity contribution in [3.63, 3.8) is 0 Å². The molecule has 1 aromatic heterocycles. The van der Waals surface area contributed by atoms with E-state index in [0.717, 1.165) is 15.3 Å². The van der Waals surface area contributed by atoms with E-state index in [4.69, 9.17) is 5.11 Å². The minimum absolute atomic E-state index is 0.0651. The fourth-order valence-corrected chi connectivity index (χ4v) is 4.91. The van der Waals surface area contributed by atoms with Crippen LogP contribution in [0.2, 0.25) is 0 Å². The van der Waals surface area contributed by atoms with Gasteiger partial charge in [-0.1, -0.05) is 29.2 Å². The van der Waals surface area contributed by atoms with Gasteiger partial charge in [-0.2, -0.15) is 0 Å². The monoisotopic (exact) mass is 407 g/mol. The number of aryl methyl sites for hydroxylation is 1. The first kappa shape index (κ1) is 18.4. The maximum absolute atomic E-state index is 12.6. The highest BCUT2D eigenvalue weighted by molar-refractivity contribution is 8.01. The van der Waals surface area contributed by atoms with E-state index < -0.39 is 16.0 Å². The highest BCUT2D eigenvalue weighted by atomic mass is 32.2. The summed E-state index contributed by atoms with van der Waals surface area (Å²) in [5, 5.41) is 16.8. The number of aromatic carboxylic acids is 1. The number of hydrogen-bond acceptors (Lipinski definition) is 7. The van der Waals surface area contributed by atoms with Crippen LogP contribution in [0.5, 0.6) is 0 Å². The number of carboxylic acids is 1. The van der Waals surface area contributed by atoms with Crippen molar-refractivity contribution in [3.8, 4) is 0 Å². The van der Waals surface area contributed by atoms with Crippen LogP contribution in [0.15, 0.2) is 62.1 Å². The smallest absolute Gasteiger partial charge is 0.335 e. The molecule has 0 radical (unpaired) electrons. The number of rotatable bonds is 6. The van der Waals surface area contributed by atoms with Crippen molar-refractivity contribution in [2.45, 2.75) is 21.1 Å². The zero-order valence-electron chi connectivity index (χ0n) is 13.4. The van der Waals surface area contributed by atoms with E-state index in [0.29, 0.717) is 11.3 Å². The summed E-state index contributed by atoms with van der Waals surface area (Å²) in [5.74, 6) is -1.18. The zero-order valence-corrected chi connectivity index (χ0v) is 15.9. The second-order valence-electron chi connectivity index (χ2n) is 5.22. The first-order chi connectivity index (χ1) is 12.3. The van der Waals surface area contributed by atoms with Crippen molar-refractivity contribution in [2.75, 3.05) is 4.72 Å². The Morgan fingerprint density at radius 1 is 1.19 bits per heavy atom. The Labute approximate surface area is 158 Å². The lowest BCUT2D eigenvalue weighted by Gasteiger charge is -2.11. The number of carboxylic acid groups (broad SMARTS) is 1. The SMILES string of the molecule is Cc1ccc(C(=O)O)cc1S(=O)(=O)Nc1ccc(Sc2nncs2)cc1. The molecule has 3 rings (SSSR count). The summed E-state index contributed by atoms with van der Waals surface area (Å²) in [7, 11) is -3.90. The first-order valence-corrected chi connectivity index (χ1v) is 10.4. The third kappa shape index (κ3) is 4.21. The number of nitrogens with zero attached hydrogens (tertiary/aromatic N) is 2. The van der Waals surface area contributed by atoms with Crippen molar-refractivity contribution in [2.24, 2.45) is 0 Å². The van der Waals surface area contributed by atoms with Crippen LogP contribution in [-0.4, -0.2) is 29.7 Å². The number of anilines is 1. The van der Waals surface area contributed by atoms with Crippen LogP contribution in [0.25, 0.3) is 0 Å². The van der Waals surface area contributed by atoms with E-state index in [9.17, 15) is 13.2 Å². The van der Waals surface area contributed by atoms with Crippen LogP contribution in [0, 0.1) is 6.92 Å². The molecule has 134 valence electrons. The van der Waals surface area contributed by atoms with E-state index in [1.807, 2.05) is 0 Å². The molecule has 0 bridgehead atoms. The molecule has 0 aliphatic carbocycles. The molecule has 3 aromatic rings. The Bertz CT molecular complexity index is 1030. The van der Waals surface area contributed by atoms with Crippen LogP contribution in [0.3, 0.4) is 0 Å². The highest BCUT2D eigenvalue weighted by Crippen LogP contribution is 2.29. The Balaban J connectivity index is 1.81. The van der Waals surface area contributed by atoms with Gasteiger partial charge in [-0.3, -0.25) is 4.72 Å². The van der Waals surface area contributed by atoms with E-state index >= 15 is 0 Å². The molecule has 0 saturated carbocycles. The zero-order chi connectivity index (χ0) is 18.7. The van der Waals surface area contributed by atoms with Gasteiger partial charge < -0.3 is 5.11 Å². The van der Waals surface area contributed by atoms with Gasteiger partial charge in [0.2, 0.25) is 0 Å². The van der Waals surface area contributed by atoms with E-state index in [-0.39, 0.29) is 10.5 Å². The summed E-state index contributed by atoms with van der Waals surface area (Å²) in [6, 6.07) is 10.8. The second kappa shape index (κ2) is 7.44. The fraction of sp³-hybridized carbons (Fsp3) is 0.0625. The van der Waals surface area contributed by atoms with Gasteiger partial charge in [-0.05, 0) is 48.9 Å². The summed E-state index contributed by atoms with van der Waals surface area (Å²) in [6.07, 6.45) is 0. The third-order valence-electron chi connectivity index (χ3n) is 3.38. The van der Waals surface area contributed by atoms with Gasteiger partial charge in [0.25, 0.3) is 10.0 Å². The fourth-order valence-electron chi connectivity index (χ4n) is 2.13. The number of hydrogen-bond donors (Lipinski definition) is 2. The van der Waals surface area contributed by atoms with Gasteiger partial charge in [-0.15, -0.1) is 10.2 Å². The topological polar surface area (TPSA) is 109 Å². The molecule has 26 heavy (non-hydrogen) atoms. The lowest BCUT2D eigenvalue weighted by molar-refractivity contribution is 0.0696. The van der Waals surface area contributed by atoms with Crippen molar-refractivity contribution < 1.29 is 18.3 Å². The van der Waals surface area contributed by atoms with Crippen molar-refractivity contribution in [1.82, 2.24) is 10.2 Å². The molecular formula is C16H13N3O4S3. The number of nitrogens with one attached hydrogen (secondary N) is 1. The van der Waals surface area contributed by atoms with Crippen molar-refractivity contribution >= 4 is 44.8 Å². The second-order valence-corrected chi connectivity index (χ2v) is 9.03. The third-order valence-corrected chi connectivity index (χ3v) is 6.69. The van der Waals surface area contributed by atoms with Gasteiger partial charge >= 0.3 is 5.97 Å². The summed E-state index contributed by atoms with van der Waals surface area (Å²) >= 11 is 2.84. The molecule has 2 aromatic carbocycles. The maximum Gasteiger partial charge on any atom is 0.335 e. The van der Waals surface area contributed by atoms with Crippen LogP contribution in [0.1, 0.15) is 15.9 Å². The predicted octanol–water partition coefficient (Wildman–Crippen LogP) is 3.50. The van der Waals surface area contributed by atoms with Crippen LogP contribution >= 0.6 is 23.1 Å². The van der Waals surface area contributed by atoms with Crippen LogP contribution < -0.4 is 4.72 Å². The summed E-state index contributed by atoms with van der Waals surface area (Å²) < 4.78 is 28.5. The number of carbonyl (C=O) groups is 1. The molecule has 10 heteroatoms. The van der Waals surface area contributed by atoms with Gasteiger partial charge in [0, 0.05) is 10.6 Å². The lowest BCUT2D eigenvalue weighted by Crippen LogP contribution is -2.15. The van der Waals surface area contributed by atoms with E-state index in [1.165, 1.54) is 35.2 Å². The molecular weight excluding hydrogens is 394 g/mol. The van der Waals surface area contributed by atoms with E-state index in [2.05, 4.69) is 14.9 Å². The van der Waals surface area contributed by atoms with Crippen LogP contribution in [-0.2, 0) is 10.0 Å². The largest absolute Gasteiger partial charge is 0.478 e. The minimum atomic E-state index is -3.90. The number of sulfonamides is 1. The maximum atomic E-state index is 12.6. The molecule has 0 saturated heterocycles. The molecule has 0 fully saturated rings. The number of aromatic nitrogens is 2. The summed E-state index contributed by atoms with van der Waals surface area (Å²) in [6.45, 7) is 1.61. The molecule has 0 unspecified atom stereocenters. The Morgan fingerprint density at radius 3 is 2.54 bits per heavy atom. The van der Waals surface area contributed by atoms with Crippen molar-refractivity contribution in [1.29, 1.82) is 0 Å². The molecule has 0 aliphatic rings. The van der Waals surface area contributed by atoms with Gasteiger partial charge in [0.05, 0.1) is 10.5 Å². The molecule has 0 aliphatic heterocycles. The Kier molecular flexibility index (Phi) is 5.25. The number of benzene rings is 2. The molecule has 7 nitrogen and oxygen atoms in total. The molecule has 0 atom stereocenters. The molecule has 0 amide bonds. The van der Waals surface area contributed by atoms with Crippen LogP contribution in [0.4, 0.5) is 5.69 Å². The van der Waals surface area contributed by atoms with Gasteiger partial charge in [0.1, 0.15) is 5.51 Å². The van der Waals surface area contributed by atoms with Gasteiger partial charge in [0.15, 0.2) is 4.34 Å². The lowest BCUT2D eigenvalue weighted by atomic mass is 10.1. The van der Waals surface area contributed by atoms with Gasteiger partial charge in [-0.25, -0.2) is 13.2 Å². The van der Waals surface area contributed by atoms with Crippen molar-refractivity contribution in [3.05, 3.63) is 59.1 Å². The average Bonchev–Trinajstić information content (AvgIpc) is 3.09. The normalized spacial score (nSPS) is 11.3. The quantitative estimate of drug-likeness (QED) is 0.643. The van der Waals surface area contributed by atoms with E-state index in [1.54, 1.807) is 36.7 Å². The summed E-state index contributed by atoms with van der Waals surface area (Å²) in [5.41, 5.74) is 2.40. The standard InChI is InChI=1S/C16H13N3O4S3/c1-10-2-3-11(15(20)21)8-14(10)26(22,23)19-12-4-6-13(7-5-12)25-16-18-17-9-24-16/h2-9,19H,1H3,(H,20,21). The molecule has 0 spiro atoms. The Morgan fingerprint density at radius 2 is 1.92 bits per heavy atom. The highest BCUT2D eigenvalue weighted by Gasteiger charge is 2.19. The predicted molar refractivity (Wildman–Crippen MR) is 99.4 cm³/mol. The Hall–Kier alpha value is -2.43. The molecule has 1 heterocycles. The average molecular weight is 407 g/mol.